The van der Waals surface area contributed by atoms with Gasteiger partial charge in [0.2, 0.25) is 0 Å². The van der Waals surface area contributed by atoms with Crippen molar-refractivity contribution in [1.29, 1.82) is 0 Å². The highest BCUT2D eigenvalue weighted by Crippen LogP contribution is 2.45. The molecule has 244 valence electrons. The van der Waals surface area contributed by atoms with Crippen LogP contribution in [-0.4, -0.2) is 132 Å². The summed E-state index contributed by atoms with van der Waals surface area (Å²) in [6.45, 7) is 23.5. The zero-order chi connectivity index (χ0) is 25.0. The van der Waals surface area contributed by atoms with E-state index in [4.69, 9.17) is 11.6 Å². The molecule has 1 saturated carbocycles. The molecule has 9 N–H and O–H groups in total. The molecule has 0 bridgehead atoms. The average Bonchev–Trinajstić information content (AvgIpc) is 3.25. The lowest BCUT2D eigenvalue weighted by Crippen LogP contribution is -2.53. The van der Waals surface area contributed by atoms with Gasteiger partial charge >= 0.3 is 0 Å². The Kier molecular flexibility index (Phi) is 20.3. The van der Waals surface area contributed by atoms with Crippen LogP contribution in [0.25, 0.3) is 0 Å². The second-order valence-corrected chi connectivity index (χ2v) is 14.3. The molecule has 4 aliphatic rings. The molecule has 0 aromatic rings. The van der Waals surface area contributed by atoms with Crippen molar-refractivity contribution in [2.75, 3.05) is 79.2 Å². The molecule has 4 rings (SSSR count). The van der Waals surface area contributed by atoms with Crippen LogP contribution >= 0.6 is 11.6 Å². The number of likely N-dealkylation sites (tertiary alicyclic amines) is 2. The van der Waals surface area contributed by atoms with E-state index in [1.165, 1.54) is 111 Å². The molecular formula is C30H68ClN5O4. The largest absolute Gasteiger partial charge is 0.412 e. The number of likely N-dealkylation sites (N-methyl/N-ethyl adjacent to an activating group) is 1. The van der Waals surface area contributed by atoms with Gasteiger partial charge in [0.25, 0.3) is 0 Å². The van der Waals surface area contributed by atoms with Crippen LogP contribution in [0, 0.1) is 29.1 Å². The fourth-order valence-electron chi connectivity index (χ4n) is 7.58. The van der Waals surface area contributed by atoms with E-state index >= 15 is 0 Å². The molecule has 40 heavy (non-hydrogen) atoms. The van der Waals surface area contributed by atoms with Crippen molar-refractivity contribution in [2.24, 2.45) is 29.1 Å². The number of rotatable bonds is 9. The molecule has 3 atom stereocenters. The number of hydrogen-bond acceptors (Lipinski definition) is 5. The predicted molar refractivity (Wildman–Crippen MR) is 171 cm³/mol. The maximum atomic E-state index is 6.41. The third-order valence-electron chi connectivity index (χ3n) is 9.96. The normalized spacial score (nSPS) is 30.7. The molecule has 0 radical (unpaired) electrons. The van der Waals surface area contributed by atoms with Gasteiger partial charge in [-0.25, -0.2) is 0 Å². The molecule has 0 spiro atoms. The van der Waals surface area contributed by atoms with Crippen molar-refractivity contribution >= 4 is 11.6 Å². The first kappa shape index (κ1) is 42.1. The summed E-state index contributed by atoms with van der Waals surface area (Å²) < 4.78 is 0. The van der Waals surface area contributed by atoms with Gasteiger partial charge in [0, 0.05) is 57.2 Å². The third kappa shape index (κ3) is 11.9. The summed E-state index contributed by atoms with van der Waals surface area (Å²) in [6.07, 6.45) is 7.90. The topological polar surface area (TPSA) is 151 Å². The quantitative estimate of drug-likeness (QED) is 0.400. The molecule has 3 heterocycles. The third-order valence-corrected chi connectivity index (χ3v) is 10.4. The Morgan fingerprint density at radius 3 is 1.98 bits per heavy atom. The van der Waals surface area contributed by atoms with Gasteiger partial charge in [-0.05, 0) is 94.3 Å². The molecule has 0 aromatic carbocycles. The van der Waals surface area contributed by atoms with E-state index < -0.39 is 0 Å². The summed E-state index contributed by atoms with van der Waals surface area (Å²) >= 11 is 6.41. The Hall–Kier alpha value is -0.0700. The maximum absolute atomic E-state index is 6.41. The molecule has 10 heteroatoms. The van der Waals surface area contributed by atoms with Crippen LogP contribution in [0.3, 0.4) is 0 Å². The van der Waals surface area contributed by atoms with Gasteiger partial charge in [-0.15, -0.1) is 11.6 Å². The number of piperidine rings is 1. The second-order valence-electron chi connectivity index (χ2n) is 13.7. The lowest BCUT2D eigenvalue weighted by molar-refractivity contribution is 0.00467. The molecule has 9 nitrogen and oxygen atoms in total. The minimum absolute atomic E-state index is 0. The van der Waals surface area contributed by atoms with E-state index in [1.54, 1.807) is 0 Å². The Labute approximate surface area is 251 Å². The predicted octanol–water partition coefficient (Wildman–Crippen LogP) is 1.61. The van der Waals surface area contributed by atoms with Crippen molar-refractivity contribution in [2.45, 2.75) is 85.1 Å². The first-order valence-electron chi connectivity index (χ1n) is 14.9. The van der Waals surface area contributed by atoms with E-state index in [2.05, 4.69) is 59.7 Å². The van der Waals surface area contributed by atoms with Crippen LogP contribution in [0.5, 0.6) is 0 Å². The lowest BCUT2D eigenvalue weighted by Gasteiger charge is -2.49. The lowest BCUT2D eigenvalue weighted by atomic mass is 9.64. The van der Waals surface area contributed by atoms with E-state index in [0.29, 0.717) is 22.8 Å². The Morgan fingerprint density at radius 2 is 1.40 bits per heavy atom. The van der Waals surface area contributed by atoms with Crippen LogP contribution in [0.1, 0.15) is 73.6 Å². The molecule has 1 aliphatic carbocycles. The Bertz CT molecular complexity index is 646. The SMILES string of the molecule is C.CC(C)[C@H](CN1CC[C@H](C2CCC(Cl)CC2)C(C)(C)C1)NC[C@@H]1CCN(CN2CCN(C)CC2)C1.O.O.O.O. The van der Waals surface area contributed by atoms with Crippen molar-refractivity contribution in [3.8, 4) is 0 Å². The molecule has 0 amide bonds. The van der Waals surface area contributed by atoms with Gasteiger partial charge < -0.3 is 37.0 Å². The number of piperazine rings is 1. The summed E-state index contributed by atoms with van der Waals surface area (Å²) in [4.78, 5) is 10.6. The van der Waals surface area contributed by atoms with Crippen molar-refractivity contribution in [1.82, 2.24) is 24.9 Å². The van der Waals surface area contributed by atoms with E-state index in [0.717, 1.165) is 17.8 Å². The summed E-state index contributed by atoms with van der Waals surface area (Å²) in [5, 5.41) is 4.48. The highest BCUT2D eigenvalue weighted by molar-refractivity contribution is 6.20. The van der Waals surface area contributed by atoms with Gasteiger partial charge in [0.15, 0.2) is 0 Å². The first-order valence-corrected chi connectivity index (χ1v) is 15.4. The number of nitrogens with zero attached hydrogens (tertiary/aromatic N) is 4. The fraction of sp³-hybridized carbons (Fsp3) is 1.00. The smallest absolute Gasteiger partial charge is 0.0507 e. The zero-order valence-corrected chi connectivity index (χ0v) is 26.4. The summed E-state index contributed by atoms with van der Waals surface area (Å²) in [7, 11) is 2.25. The summed E-state index contributed by atoms with van der Waals surface area (Å²) in [5.41, 5.74) is 0.415. The van der Waals surface area contributed by atoms with Gasteiger partial charge in [-0.2, -0.15) is 0 Å². The van der Waals surface area contributed by atoms with E-state index in [-0.39, 0.29) is 29.3 Å². The minimum atomic E-state index is 0. The van der Waals surface area contributed by atoms with E-state index in [9.17, 15) is 0 Å². The van der Waals surface area contributed by atoms with Crippen molar-refractivity contribution < 1.29 is 21.9 Å². The summed E-state index contributed by atoms with van der Waals surface area (Å²) in [5.74, 6) is 3.26. The highest BCUT2D eigenvalue weighted by Gasteiger charge is 2.41. The van der Waals surface area contributed by atoms with Crippen molar-refractivity contribution in [3.63, 3.8) is 0 Å². The Balaban J connectivity index is 0. The number of nitrogens with one attached hydrogen (secondary N) is 1. The minimum Gasteiger partial charge on any atom is -0.412 e. The molecule has 0 aromatic heterocycles. The molecule has 0 unspecified atom stereocenters. The summed E-state index contributed by atoms with van der Waals surface area (Å²) in [6, 6.07) is 0.598. The molecule has 4 fully saturated rings. The van der Waals surface area contributed by atoms with Gasteiger partial charge in [0.05, 0.1) is 6.67 Å². The van der Waals surface area contributed by atoms with Crippen molar-refractivity contribution in [3.05, 3.63) is 0 Å². The van der Waals surface area contributed by atoms with Crippen LogP contribution < -0.4 is 5.32 Å². The van der Waals surface area contributed by atoms with Gasteiger partial charge in [-0.3, -0.25) is 9.80 Å². The number of hydrogen-bond donors (Lipinski definition) is 1. The standard InChI is InChI=1S/C29H56ClN5.CH4.4H2O/c1-23(2)28(31-18-24-10-12-35(19-24)22-33-16-14-32(5)15-17-33)20-34-13-11-27(29(3,4)21-34)25-6-8-26(30)9-7-25;;;;;/h23-28,31H,6-22H2,1-5H3;1H4;4*1H2/t24-,25?,26?,27+,28-;;;;;/m0...../s1. The highest BCUT2D eigenvalue weighted by atomic mass is 35.5. The monoisotopic (exact) mass is 597 g/mol. The van der Waals surface area contributed by atoms with Crippen LogP contribution in [0.4, 0.5) is 0 Å². The van der Waals surface area contributed by atoms with Gasteiger partial charge in [0.1, 0.15) is 0 Å². The van der Waals surface area contributed by atoms with Gasteiger partial charge in [-0.1, -0.05) is 35.1 Å². The van der Waals surface area contributed by atoms with Crippen LogP contribution in [-0.2, 0) is 0 Å². The number of halogens is 1. The maximum Gasteiger partial charge on any atom is 0.0507 e. The number of alkyl halides is 1. The first-order chi connectivity index (χ1) is 16.7. The second kappa shape index (κ2) is 19.3. The molecule has 3 saturated heterocycles. The zero-order valence-electron chi connectivity index (χ0n) is 25.7. The molecule has 3 aliphatic heterocycles. The van der Waals surface area contributed by atoms with E-state index in [1.807, 2.05) is 0 Å². The van der Waals surface area contributed by atoms with Crippen LogP contribution in [0.15, 0.2) is 0 Å². The fourth-order valence-corrected chi connectivity index (χ4v) is 7.83. The Morgan fingerprint density at radius 1 is 0.800 bits per heavy atom. The molecular weight excluding hydrogens is 530 g/mol. The van der Waals surface area contributed by atoms with Crippen LogP contribution in [0.2, 0.25) is 0 Å². The average molecular weight is 598 g/mol.